The fraction of sp³-hybridized carbons (Fsp3) is 0.700. The zero-order chi connectivity index (χ0) is 67.1. The van der Waals surface area contributed by atoms with Crippen molar-refractivity contribution >= 4 is 106 Å². The molecular weight excluding hydrogens is 1620 g/mol. The van der Waals surface area contributed by atoms with Crippen molar-refractivity contribution in [3.8, 4) is 0 Å². The van der Waals surface area contributed by atoms with Crippen molar-refractivity contribution in [3.05, 3.63) is 54.9 Å². The Kier molecular flexibility index (Phi) is 57.8. The first-order valence-corrected chi connectivity index (χ1v) is 33.7. The first kappa shape index (κ1) is 112. The number of ether oxygens (including phenoxy) is 7. The monoisotopic (exact) mass is 1660 g/mol. The van der Waals surface area contributed by atoms with Gasteiger partial charge in [-0.1, -0.05) is 15.6 Å². The van der Waals surface area contributed by atoms with Gasteiger partial charge in [0.2, 0.25) is 83.2 Å². The van der Waals surface area contributed by atoms with Crippen LogP contribution in [0.15, 0.2) is 18.6 Å². The molecule has 0 spiro atoms. The van der Waals surface area contributed by atoms with Gasteiger partial charge in [0.1, 0.15) is 29.3 Å². The van der Waals surface area contributed by atoms with E-state index < -0.39 is 169 Å². The maximum absolute atomic E-state index is 11.8. The van der Waals surface area contributed by atoms with E-state index in [0.717, 1.165) is 22.2 Å². The zero-order valence-corrected chi connectivity index (χ0v) is 74.7. The molecule has 3 aromatic heterocycles. The molecule has 0 aromatic carbocycles. The van der Waals surface area contributed by atoms with E-state index in [9.17, 15) is 64.9 Å². The molecule has 0 aliphatic carbocycles. The van der Waals surface area contributed by atoms with Crippen LogP contribution in [0.4, 0.5) is 0 Å². The molecule has 0 amide bonds. The second kappa shape index (κ2) is 49.8. The second-order valence-electron chi connectivity index (χ2n) is 16.3. The smallest absolute Gasteiger partial charge is 0.726 e. The van der Waals surface area contributed by atoms with Gasteiger partial charge in [-0.05, 0) is 18.3 Å². The molecular formula is C30H40Cl2N9Na8O39S8-3. The van der Waals surface area contributed by atoms with Gasteiger partial charge < -0.3 is 82.1 Å². The molecule has 0 bridgehead atoms. The van der Waals surface area contributed by atoms with Crippen molar-refractivity contribution < 1.29 is 408 Å². The number of rotatable bonds is 28. The van der Waals surface area contributed by atoms with Crippen LogP contribution in [0.5, 0.6) is 0 Å². The van der Waals surface area contributed by atoms with Crippen molar-refractivity contribution in [2.75, 3.05) is 26.2 Å². The molecule has 6 rings (SSSR count). The van der Waals surface area contributed by atoms with E-state index >= 15 is 0 Å². The molecule has 3 fully saturated rings. The van der Waals surface area contributed by atoms with Gasteiger partial charge in [-0.3, -0.25) is 33.1 Å². The van der Waals surface area contributed by atoms with Crippen molar-refractivity contribution in [1.29, 1.82) is 0 Å². The van der Waals surface area contributed by atoms with E-state index in [0.29, 0.717) is 19.6 Å². The number of methoxy groups -OCH3 is 1. The van der Waals surface area contributed by atoms with Crippen LogP contribution in [0.2, 0.25) is 0 Å². The Balaban J connectivity index is -0.000000793. The van der Waals surface area contributed by atoms with Gasteiger partial charge in [-0.25, -0.2) is 89.5 Å². The predicted octanol–water partition coefficient (Wildman–Crippen LogP) is -32.0. The minimum absolute atomic E-state index is 0. The van der Waals surface area contributed by atoms with Gasteiger partial charge in [-0.15, -0.1) is 38.5 Å². The molecule has 3 saturated heterocycles. The van der Waals surface area contributed by atoms with E-state index in [1.165, 1.54) is 30.4 Å². The second-order valence-corrected chi connectivity index (χ2v) is 24.7. The van der Waals surface area contributed by atoms with Gasteiger partial charge in [0.15, 0.2) is 5.79 Å². The third-order valence-corrected chi connectivity index (χ3v) is 12.7. The zero-order valence-electron chi connectivity index (χ0n) is 50.7. The van der Waals surface area contributed by atoms with E-state index in [4.69, 9.17) is 109 Å². The fourth-order valence-corrected chi connectivity index (χ4v) is 9.55. The molecule has 0 saturated carbocycles. The summed E-state index contributed by atoms with van der Waals surface area (Å²) in [6, 6.07) is 0. The van der Waals surface area contributed by atoms with Gasteiger partial charge in [0, 0.05) is 32.3 Å². The molecule has 66 heteroatoms. The summed E-state index contributed by atoms with van der Waals surface area (Å²) in [5.74, 6) is -3.38. The molecule has 6 heterocycles. The number of halogens is 2. The number of hydrogen-bond donors (Lipinski definition) is 3. The van der Waals surface area contributed by atoms with E-state index in [1.54, 1.807) is 0 Å². The molecule has 96 heavy (non-hydrogen) atoms. The van der Waals surface area contributed by atoms with E-state index in [1.807, 2.05) is 0 Å². The summed E-state index contributed by atoms with van der Waals surface area (Å²) in [5, 5.41) is 21.7. The van der Waals surface area contributed by atoms with Gasteiger partial charge in [-0.2, -0.15) is 0 Å². The molecule has 3 aliphatic rings. The third-order valence-electron chi connectivity index (χ3n) is 9.54. The molecule has 3 aliphatic heterocycles. The average Bonchev–Trinajstić information content (AvgIpc) is 1.51. The van der Waals surface area contributed by atoms with Crippen LogP contribution in [0.1, 0.15) is 17.1 Å². The Morgan fingerprint density at radius 1 is 0.552 bits per heavy atom. The van der Waals surface area contributed by atoms with Crippen molar-refractivity contribution in [2.45, 2.75) is 106 Å². The van der Waals surface area contributed by atoms with E-state index in [2.05, 4.69) is 51.9 Å². The molecule has 48 nitrogen and oxygen atoms in total. The van der Waals surface area contributed by atoms with Crippen LogP contribution in [-0.2, 0) is 177 Å². The van der Waals surface area contributed by atoms with E-state index in [-0.39, 0.29) is 280 Å². The molecule has 11 atom stereocenters. The summed E-state index contributed by atoms with van der Waals surface area (Å²) in [7, 11) is -40.9. The number of alkyl halides is 2. The normalized spacial score (nSPS) is 23.6. The first-order chi connectivity index (χ1) is 40.0. The fourth-order valence-electron chi connectivity index (χ4n) is 6.77. The summed E-state index contributed by atoms with van der Waals surface area (Å²) in [4.78, 5) is 0. The average molecular weight is 1660 g/mol. The number of hydrogen-bond acceptors (Lipinski definition) is 42. The Morgan fingerprint density at radius 2 is 0.958 bits per heavy atom. The standard InChI is InChI=1S/C30H42Cl2N9O27S5.8Na.3H2O4S/c1-57-3-2-39-7-19(35-36-39)14-59-26-6-22(66-71(48,49)50)29(68-73(54,55)56)23(61-26)11-41-9-18(34-38-41)13-58-12-17-8-40(37-33-17)10-20-4-25(67-72(51,52)53)30(16-31,63-20)64-27-5-21(65-70(45,46)47)28(32)24(62-27)15-60-69(42,43)44;;;;;;;;;3*1-5(2,3)4/h4-9,20-29H,2-3,10-16H2,1H3,(H,42,43,44)(H,45,46,47)(H,48,49,50)(H,51,52,53)(H,54,55,56);;;;;;;;;3*(H2,1,2,3,4)/q-3;8*+1;;;/p-8/t20-,21+,22+,23+,24+,25-,26-,27+,28+,29-,30-;;;;;;;;;;;/m0.........../s1. The minimum Gasteiger partial charge on any atom is -0.726 e. The molecule has 512 valence electrons. The topological polar surface area (TPSA) is 721 Å². The number of nitrogens with zero attached hydrogens (tertiary/aromatic N) is 9. The minimum atomic E-state index is -5.59. The summed E-state index contributed by atoms with van der Waals surface area (Å²) in [6.45, 7) is -2.25. The Labute approximate surface area is 734 Å². The third kappa shape index (κ3) is 51.1. The molecule has 3 N–H and O–H groups in total. The van der Waals surface area contributed by atoms with Crippen LogP contribution in [0.3, 0.4) is 0 Å². The van der Waals surface area contributed by atoms with Crippen molar-refractivity contribution in [1.82, 2.24) is 45.0 Å². The van der Waals surface area contributed by atoms with Crippen LogP contribution in [0, 0.1) is 19.3 Å². The summed E-state index contributed by atoms with van der Waals surface area (Å²) < 4.78 is 336. The predicted molar refractivity (Wildman–Crippen MR) is 255 cm³/mol. The SMILES string of the molecule is COCCn1cc(CO[C@@H]2[CH-][C@@H](OS(=O)(=O)[O-])[C@H](OS(=O)(=O)[O-])[C@@H](Cn3cc(COCc4cn(C[C@@H]5[CH-][C@H](OS(=O)(=O)[O-])[C@](CCl)(O[C@@H]6[CH-][C@@H](OS(=O)(=O)[O-])[C@@H](Cl)[C@@H](COS(=O)(=O)[O-])O6)O5)nn4)nn3)O2)nn1.O=S(=O)([O-])O.O=S(=O)([O-])O.O=S(=O)([O-])O.[Na+].[Na+].[Na+].[Na+].[Na+].[Na+].[Na+].[Na+]. The summed E-state index contributed by atoms with van der Waals surface area (Å²) >= 11 is 12.3. The Hall–Kier alpha value is 4.68. The largest absolute Gasteiger partial charge is 1.00 e. The maximum Gasteiger partial charge on any atom is 1.00 e. The van der Waals surface area contributed by atoms with Crippen LogP contribution < -0.4 is 236 Å². The van der Waals surface area contributed by atoms with Gasteiger partial charge >= 0.3 is 236 Å². The van der Waals surface area contributed by atoms with Crippen LogP contribution in [-0.4, -0.2) is 255 Å². The van der Waals surface area contributed by atoms with Crippen LogP contribution >= 0.6 is 23.2 Å². The quantitative estimate of drug-likeness (QED) is 0.0200. The summed E-state index contributed by atoms with van der Waals surface area (Å²) in [5.41, 5.74) is 0.540. The Morgan fingerprint density at radius 3 is 1.40 bits per heavy atom. The van der Waals surface area contributed by atoms with Crippen LogP contribution in [0.25, 0.3) is 0 Å². The van der Waals surface area contributed by atoms with Crippen molar-refractivity contribution in [2.24, 2.45) is 0 Å². The summed E-state index contributed by atoms with van der Waals surface area (Å²) in [6.07, 6.45) is -9.65. The number of aromatic nitrogens is 9. The van der Waals surface area contributed by atoms with Crippen molar-refractivity contribution in [3.63, 3.8) is 0 Å². The molecule has 3 aromatic rings. The Bertz CT molecular complexity index is 3600. The molecule has 0 unspecified atom stereocenters. The van der Waals surface area contributed by atoms with Gasteiger partial charge in [0.05, 0.1) is 82.1 Å². The molecule has 0 radical (unpaired) electrons. The first-order valence-electron chi connectivity index (χ1n) is 21.9. The maximum atomic E-state index is 11.8. The van der Waals surface area contributed by atoms with Gasteiger partial charge in [0.25, 0.3) is 0 Å².